The number of hydrazone groups is 1. The standard InChI is InChI=1S/C16H19BrN4O3/c1-3-5-11-8-14(22)20-16(19-11)21-18-9-10-6-12(17)15(23)13(7-10)24-4-2/h6-9,23H,3-5H2,1-2H3,(H2,19,20,21,22)/b18-9-. The van der Waals surface area contributed by atoms with Crippen LogP contribution >= 0.6 is 15.9 Å². The number of halogens is 1. The topological polar surface area (TPSA) is 99.6 Å². The van der Waals surface area contributed by atoms with E-state index in [-0.39, 0.29) is 17.3 Å². The quantitative estimate of drug-likeness (QED) is 0.494. The molecule has 0 unspecified atom stereocenters. The van der Waals surface area contributed by atoms with Crippen LogP contribution in [0.1, 0.15) is 31.5 Å². The van der Waals surface area contributed by atoms with Gasteiger partial charge in [-0.2, -0.15) is 5.10 Å². The molecule has 0 amide bonds. The Morgan fingerprint density at radius 3 is 2.92 bits per heavy atom. The summed E-state index contributed by atoms with van der Waals surface area (Å²) in [6.07, 6.45) is 3.17. The van der Waals surface area contributed by atoms with E-state index < -0.39 is 0 Å². The zero-order chi connectivity index (χ0) is 17.5. The summed E-state index contributed by atoms with van der Waals surface area (Å²) in [5.41, 5.74) is 3.90. The number of aromatic amines is 1. The van der Waals surface area contributed by atoms with E-state index in [1.165, 1.54) is 6.07 Å². The zero-order valence-electron chi connectivity index (χ0n) is 13.5. The summed E-state index contributed by atoms with van der Waals surface area (Å²) in [6.45, 7) is 4.29. The van der Waals surface area contributed by atoms with Crippen molar-refractivity contribution in [1.82, 2.24) is 9.97 Å². The fourth-order valence-corrected chi connectivity index (χ4v) is 2.51. The number of aromatic nitrogens is 2. The van der Waals surface area contributed by atoms with E-state index in [0.29, 0.717) is 28.1 Å². The van der Waals surface area contributed by atoms with Crippen molar-refractivity contribution in [2.45, 2.75) is 26.7 Å². The molecular weight excluding hydrogens is 376 g/mol. The maximum absolute atomic E-state index is 11.6. The molecule has 3 N–H and O–H groups in total. The minimum atomic E-state index is -0.225. The second kappa shape index (κ2) is 8.49. The Labute approximate surface area is 147 Å². The summed E-state index contributed by atoms with van der Waals surface area (Å²) < 4.78 is 5.87. The van der Waals surface area contributed by atoms with Crippen LogP contribution < -0.4 is 15.7 Å². The van der Waals surface area contributed by atoms with E-state index in [0.717, 1.165) is 12.8 Å². The van der Waals surface area contributed by atoms with Gasteiger partial charge in [-0.25, -0.2) is 10.4 Å². The molecule has 1 aromatic heterocycles. The molecule has 0 saturated carbocycles. The Hall–Kier alpha value is -2.35. The average Bonchev–Trinajstić information content (AvgIpc) is 2.52. The second-order valence-corrected chi connectivity index (χ2v) is 5.84. The van der Waals surface area contributed by atoms with Crippen molar-refractivity contribution in [3.63, 3.8) is 0 Å². The van der Waals surface area contributed by atoms with Crippen molar-refractivity contribution in [2.24, 2.45) is 5.10 Å². The van der Waals surface area contributed by atoms with Crippen LogP contribution in [0.3, 0.4) is 0 Å². The van der Waals surface area contributed by atoms with E-state index >= 15 is 0 Å². The molecule has 7 nitrogen and oxygen atoms in total. The number of phenols is 1. The molecule has 0 bridgehead atoms. The number of benzene rings is 1. The highest BCUT2D eigenvalue weighted by Crippen LogP contribution is 2.35. The predicted octanol–water partition coefficient (Wildman–Crippen LogP) is 3.04. The van der Waals surface area contributed by atoms with Crippen molar-refractivity contribution < 1.29 is 9.84 Å². The lowest BCUT2D eigenvalue weighted by atomic mass is 10.2. The van der Waals surface area contributed by atoms with Gasteiger partial charge in [-0.15, -0.1) is 0 Å². The Balaban J connectivity index is 2.16. The van der Waals surface area contributed by atoms with Crippen LogP contribution in [0.15, 0.2) is 32.6 Å². The van der Waals surface area contributed by atoms with Crippen LogP contribution in [0.5, 0.6) is 11.5 Å². The summed E-state index contributed by atoms with van der Waals surface area (Å²) in [6, 6.07) is 4.84. The number of anilines is 1. The fourth-order valence-electron chi connectivity index (χ4n) is 2.05. The minimum absolute atomic E-state index is 0.0419. The van der Waals surface area contributed by atoms with Gasteiger partial charge in [-0.3, -0.25) is 9.78 Å². The summed E-state index contributed by atoms with van der Waals surface area (Å²) in [5.74, 6) is 0.690. The van der Waals surface area contributed by atoms with Crippen molar-refractivity contribution in [3.8, 4) is 11.5 Å². The van der Waals surface area contributed by atoms with Gasteiger partial charge in [-0.05, 0) is 47.0 Å². The summed E-state index contributed by atoms with van der Waals surface area (Å²) in [4.78, 5) is 18.4. The Bertz CT molecular complexity index is 789. The average molecular weight is 395 g/mol. The monoisotopic (exact) mass is 394 g/mol. The summed E-state index contributed by atoms with van der Waals surface area (Å²) in [5, 5.41) is 13.9. The van der Waals surface area contributed by atoms with Crippen molar-refractivity contribution in [1.29, 1.82) is 0 Å². The molecule has 8 heteroatoms. The lowest BCUT2D eigenvalue weighted by molar-refractivity contribution is 0.317. The molecule has 0 aliphatic carbocycles. The SMILES string of the molecule is CCCc1cc(=O)[nH]c(N/N=C\c2cc(Br)c(O)c(OCC)c2)n1. The number of hydrogen-bond acceptors (Lipinski definition) is 6. The lowest BCUT2D eigenvalue weighted by Crippen LogP contribution is -2.12. The number of aryl methyl sites for hydroxylation is 1. The highest BCUT2D eigenvalue weighted by molar-refractivity contribution is 9.10. The van der Waals surface area contributed by atoms with Crippen molar-refractivity contribution in [3.05, 3.63) is 44.3 Å². The maximum atomic E-state index is 11.6. The van der Waals surface area contributed by atoms with Gasteiger partial charge in [0.2, 0.25) is 5.95 Å². The van der Waals surface area contributed by atoms with E-state index in [1.807, 2.05) is 13.8 Å². The summed E-state index contributed by atoms with van der Waals surface area (Å²) >= 11 is 3.27. The Kier molecular flexibility index (Phi) is 6.36. The number of nitrogens with zero attached hydrogens (tertiary/aromatic N) is 2. The van der Waals surface area contributed by atoms with Crippen LogP contribution in [-0.4, -0.2) is 27.9 Å². The third-order valence-corrected chi connectivity index (χ3v) is 3.64. The molecule has 1 heterocycles. The van der Waals surface area contributed by atoms with Crippen LogP contribution in [0.2, 0.25) is 0 Å². The first kappa shape index (κ1) is 18.0. The third-order valence-electron chi connectivity index (χ3n) is 3.04. The fraction of sp³-hybridized carbons (Fsp3) is 0.312. The van der Waals surface area contributed by atoms with Crippen LogP contribution in [0.4, 0.5) is 5.95 Å². The molecule has 0 fully saturated rings. The number of rotatable bonds is 7. The van der Waals surface area contributed by atoms with Gasteiger partial charge in [0.05, 0.1) is 17.3 Å². The normalized spacial score (nSPS) is 11.0. The molecule has 24 heavy (non-hydrogen) atoms. The maximum Gasteiger partial charge on any atom is 0.252 e. The van der Waals surface area contributed by atoms with Gasteiger partial charge < -0.3 is 9.84 Å². The molecule has 0 aliphatic heterocycles. The number of H-pyrrole nitrogens is 1. The predicted molar refractivity (Wildman–Crippen MR) is 97.0 cm³/mol. The molecule has 0 saturated heterocycles. The van der Waals surface area contributed by atoms with Crippen LogP contribution in [-0.2, 0) is 6.42 Å². The number of ether oxygens (including phenoxy) is 1. The van der Waals surface area contributed by atoms with Gasteiger partial charge in [0, 0.05) is 11.8 Å². The number of aromatic hydroxyl groups is 1. The molecule has 0 spiro atoms. The molecule has 1 aromatic carbocycles. The molecule has 128 valence electrons. The van der Waals surface area contributed by atoms with E-state index in [9.17, 15) is 9.90 Å². The van der Waals surface area contributed by atoms with Crippen molar-refractivity contribution in [2.75, 3.05) is 12.0 Å². The highest BCUT2D eigenvalue weighted by atomic mass is 79.9. The Morgan fingerprint density at radius 1 is 1.42 bits per heavy atom. The molecular formula is C16H19BrN4O3. The highest BCUT2D eigenvalue weighted by Gasteiger charge is 2.08. The number of hydrogen-bond donors (Lipinski definition) is 3. The van der Waals surface area contributed by atoms with Gasteiger partial charge in [0.25, 0.3) is 5.56 Å². The van der Waals surface area contributed by atoms with Gasteiger partial charge >= 0.3 is 0 Å². The van der Waals surface area contributed by atoms with Gasteiger partial charge in [0.15, 0.2) is 11.5 Å². The van der Waals surface area contributed by atoms with E-state index in [2.05, 4.69) is 36.4 Å². The Morgan fingerprint density at radius 2 is 2.21 bits per heavy atom. The molecule has 0 radical (unpaired) electrons. The largest absolute Gasteiger partial charge is 0.503 e. The number of nitrogens with one attached hydrogen (secondary N) is 2. The first-order valence-corrected chi connectivity index (χ1v) is 8.37. The van der Waals surface area contributed by atoms with Gasteiger partial charge in [-0.1, -0.05) is 13.3 Å². The first-order chi connectivity index (χ1) is 11.5. The second-order valence-electron chi connectivity index (χ2n) is 4.99. The third kappa shape index (κ3) is 4.82. The molecule has 2 rings (SSSR count). The summed E-state index contributed by atoms with van der Waals surface area (Å²) in [7, 11) is 0. The lowest BCUT2D eigenvalue weighted by Gasteiger charge is -2.08. The first-order valence-electron chi connectivity index (χ1n) is 7.58. The van der Waals surface area contributed by atoms with E-state index in [4.69, 9.17) is 4.74 Å². The number of phenolic OH excluding ortho intramolecular Hbond substituents is 1. The van der Waals surface area contributed by atoms with Gasteiger partial charge in [0.1, 0.15) is 0 Å². The van der Waals surface area contributed by atoms with Crippen LogP contribution in [0, 0.1) is 0 Å². The van der Waals surface area contributed by atoms with Crippen LogP contribution in [0.25, 0.3) is 0 Å². The van der Waals surface area contributed by atoms with E-state index in [1.54, 1.807) is 18.3 Å². The zero-order valence-corrected chi connectivity index (χ0v) is 15.1. The molecule has 2 aromatic rings. The minimum Gasteiger partial charge on any atom is -0.503 e. The van der Waals surface area contributed by atoms with Crippen molar-refractivity contribution >= 4 is 28.1 Å². The smallest absolute Gasteiger partial charge is 0.252 e. The molecule has 0 aliphatic rings. The molecule has 0 atom stereocenters.